The molecule has 2 aromatic rings. The second-order valence-corrected chi connectivity index (χ2v) is 6.85. The summed E-state index contributed by atoms with van der Waals surface area (Å²) in [7, 11) is 0. The van der Waals surface area contributed by atoms with Crippen LogP contribution in [0.5, 0.6) is 0 Å². The van der Waals surface area contributed by atoms with Gasteiger partial charge in [0.1, 0.15) is 0 Å². The van der Waals surface area contributed by atoms with Gasteiger partial charge in [0.25, 0.3) is 0 Å². The molecule has 0 aliphatic carbocycles. The lowest BCUT2D eigenvalue weighted by Crippen LogP contribution is -2.33. The van der Waals surface area contributed by atoms with Crippen LogP contribution in [0.25, 0.3) is 0 Å². The molecule has 2 rings (SSSR count). The maximum atomic E-state index is 6.31. The highest BCUT2D eigenvalue weighted by atomic mass is 79.9. The number of aryl methyl sites for hydroxylation is 1. The van der Waals surface area contributed by atoms with Gasteiger partial charge in [-0.15, -0.1) is 23.2 Å². The molecule has 112 valence electrons. The van der Waals surface area contributed by atoms with Crippen LogP contribution in [0.2, 0.25) is 0 Å². The maximum Gasteiger partial charge on any atom is 0.0335 e. The maximum absolute atomic E-state index is 6.31. The van der Waals surface area contributed by atoms with Crippen molar-refractivity contribution in [2.45, 2.75) is 25.2 Å². The minimum atomic E-state index is -0.225. The van der Waals surface area contributed by atoms with Gasteiger partial charge < -0.3 is 0 Å². The summed E-state index contributed by atoms with van der Waals surface area (Å²) in [5.41, 5.74) is 3.59. The van der Waals surface area contributed by atoms with Gasteiger partial charge in [-0.2, -0.15) is 0 Å². The standard InChI is InChI=1S/C18H19BrCl2/c1-2-14-3-5-15(6-4-14)11-18(12-20,13-21)16-7-9-17(19)10-8-16/h3-10H,2,11-13H2,1H3. The number of alkyl halides is 2. The molecule has 0 nitrogen and oxygen atoms in total. The van der Waals surface area contributed by atoms with Crippen LogP contribution < -0.4 is 0 Å². The van der Waals surface area contributed by atoms with Crippen molar-refractivity contribution in [3.63, 3.8) is 0 Å². The predicted octanol–water partition coefficient (Wildman–Crippen LogP) is 5.97. The summed E-state index contributed by atoms with van der Waals surface area (Å²) in [6.45, 7) is 2.17. The van der Waals surface area contributed by atoms with Gasteiger partial charge in [-0.3, -0.25) is 0 Å². The van der Waals surface area contributed by atoms with E-state index in [4.69, 9.17) is 23.2 Å². The van der Waals surface area contributed by atoms with Crippen molar-refractivity contribution >= 4 is 39.1 Å². The molecule has 0 saturated heterocycles. The third-order valence-corrected chi connectivity index (χ3v) is 5.49. The molecule has 0 radical (unpaired) electrons. The molecule has 0 amide bonds. The van der Waals surface area contributed by atoms with E-state index in [9.17, 15) is 0 Å². The van der Waals surface area contributed by atoms with Crippen LogP contribution in [0.3, 0.4) is 0 Å². The fraction of sp³-hybridized carbons (Fsp3) is 0.333. The molecule has 0 unspecified atom stereocenters. The van der Waals surface area contributed by atoms with Crippen LogP contribution in [0.4, 0.5) is 0 Å². The van der Waals surface area contributed by atoms with Gasteiger partial charge in [-0.05, 0) is 41.7 Å². The summed E-state index contributed by atoms with van der Waals surface area (Å²) >= 11 is 16.1. The Balaban J connectivity index is 2.30. The number of rotatable bonds is 6. The lowest BCUT2D eigenvalue weighted by atomic mass is 9.78. The predicted molar refractivity (Wildman–Crippen MR) is 96.8 cm³/mol. The fourth-order valence-electron chi connectivity index (χ4n) is 2.47. The molecule has 0 bridgehead atoms. The van der Waals surface area contributed by atoms with E-state index in [-0.39, 0.29) is 5.41 Å². The Morgan fingerprint density at radius 3 is 1.86 bits per heavy atom. The lowest BCUT2D eigenvalue weighted by molar-refractivity contribution is 0.536. The van der Waals surface area contributed by atoms with Gasteiger partial charge >= 0.3 is 0 Å². The zero-order valence-electron chi connectivity index (χ0n) is 12.1. The van der Waals surface area contributed by atoms with Crippen molar-refractivity contribution in [2.75, 3.05) is 11.8 Å². The molecule has 0 aliphatic heterocycles. The summed E-state index contributed by atoms with van der Waals surface area (Å²) < 4.78 is 1.07. The van der Waals surface area contributed by atoms with Crippen LogP contribution >= 0.6 is 39.1 Å². The van der Waals surface area contributed by atoms with Crippen LogP contribution in [0.1, 0.15) is 23.6 Å². The van der Waals surface area contributed by atoms with E-state index in [2.05, 4.69) is 59.3 Å². The second kappa shape index (κ2) is 7.67. The monoisotopic (exact) mass is 384 g/mol. The van der Waals surface area contributed by atoms with Crippen LogP contribution in [-0.4, -0.2) is 11.8 Å². The molecule has 2 aromatic carbocycles. The average Bonchev–Trinajstić information content (AvgIpc) is 2.54. The molecular weight excluding hydrogens is 367 g/mol. The highest BCUT2D eigenvalue weighted by Gasteiger charge is 2.31. The van der Waals surface area contributed by atoms with E-state index < -0.39 is 0 Å². The van der Waals surface area contributed by atoms with E-state index >= 15 is 0 Å². The largest absolute Gasteiger partial charge is 0.126 e. The number of benzene rings is 2. The third kappa shape index (κ3) is 4.03. The number of halogens is 3. The lowest BCUT2D eigenvalue weighted by Gasteiger charge is -2.30. The minimum absolute atomic E-state index is 0.225. The molecule has 3 heteroatoms. The second-order valence-electron chi connectivity index (χ2n) is 5.40. The highest BCUT2D eigenvalue weighted by molar-refractivity contribution is 9.10. The summed E-state index contributed by atoms with van der Waals surface area (Å²) in [6.07, 6.45) is 1.91. The Bertz CT molecular complexity index is 557. The Kier molecular flexibility index (Phi) is 6.16. The summed E-state index contributed by atoms with van der Waals surface area (Å²) in [5.74, 6) is 1.02. The molecule has 0 N–H and O–H groups in total. The smallest absolute Gasteiger partial charge is 0.0335 e. The van der Waals surface area contributed by atoms with Gasteiger partial charge in [-0.25, -0.2) is 0 Å². The average molecular weight is 386 g/mol. The molecule has 0 heterocycles. The van der Waals surface area contributed by atoms with Gasteiger partial charge in [0.15, 0.2) is 0 Å². The van der Waals surface area contributed by atoms with E-state index in [1.807, 2.05) is 12.1 Å². The molecule has 0 aliphatic rings. The van der Waals surface area contributed by atoms with Crippen LogP contribution in [0.15, 0.2) is 53.0 Å². The van der Waals surface area contributed by atoms with Gasteiger partial charge in [-0.1, -0.05) is 59.3 Å². The fourth-order valence-corrected chi connectivity index (χ4v) is 3.52. The van der Waals surface area contributed by atoms with Crippen molar-refractivity contribution in [3.05, 3.63) is 69.7 Å². The van der Waals surface area contributed by atoms with Crippen molar-refractivity contribution in [3.8, 4) is 0 Å². The summed E-state index contributed by atoms with van der Waals surface area (Å²) in [6, 6.07) is 17.0. The van der Waals surface area contributed by atoms with E-state index in [1.165, 1.54) is 16.7 Å². The van der Waals surface area contributed by atoms with Gasteiger partial charge in [0.2, 0.25) is 0 Å². The van der Waals surface area contributed by atoms with Crippen molar-refractivity contribution in [1.82, 2.24) is 0 Å². The summed E-state index contributed by atoms with van der Waals surface area (Å²) in [5, 5.41) is 0. The van der Waals surface area contributed by atoms with Crippen molar-refractivity contribution in [1.29, 1.82) is 0 Å². The first-order chi connectivity index (χ1) is 10.1. The molecule has 21 heavy (non-hydrogen) atoms. The highest BCUT2D eigenvalue weighted by Crippen LogP contribution is 2.32. The Labute approximate surface area is 145 Å². The summed E-state index contributed by atoms with van der Waals surface area (Å²) in [4.78, 5) is 0. The van der Waals surface area contributed by atoms with Gasteiger partial charge in [0.05, 0.1) is 0 Å². The SMILES string of the molecule is CCc1ccc(CC(CCl)(CCl)c2ccc(Br)cc2)cc1. The topological polar surface area (TPSA) is 0 Å². The van der Waals surface area contributed by atoms with E-state index in [1.54, 1.807) is 0 Å². The van der Waals surface area contributed by atoms with E-state index in [0.717, 1.165) is 17.3 Å². The molecule has 0 atom stereocenters. The van der Waals surface area contributed by atoms with E-state index in [0.29, 0.717) is 11.8 Å². The van der Waals surface area contributed by atoms with Crippen LogP contribution in [0, 0.1) is 0 Å². The Morgan fingerprint density at radius 1 is 0.857 bits per heavy atom. The first kappa shape index (κ1) is 16.9. The van der Waals surface area contributed by atoms with Crippen molar-refractivity contribution in [2.24, 2.45) is 0 Å². The van der Waals surface area contributed by atoms with Gasteiger partial charge in [0, 0.05) is 21.6 Å². The first-order valence-corrected chi connectivity index (χ1v) is 8.95. The normalized spacial score (nSPS) is 11.6. The quantitative estimate of drug-likeness (QED) is 0.537. The molecular formula is C18H19BrCl2. The zero-order valence-corrected chi connectivity index (χ0v) is 15.2. The number of hydrogen-bond donors (Lipinski definition) is 0. The zero-order chi connectivity index (χ0) is 15.3. The number of hydrogen-bond acceptors (Lipinski definition) is 0. The third-order valence-electron chi connectivity index (χ3n) is 3.94. The molecule has 0 spiro atoms. The van der Waals surface area contributed by atoms with Crippen molar-refractivity contribution < 1.29 is 0 Å². The Hall–Kier alpha value is -0.500. The minimum Gasteiger partial charge on any atom is -0.126 e. The Morgan fingerprint density at radius 2 is 1.38 bits per heavy atom. The molecule has 0 aromatic heterocycles. The molecule has 0 saturated carbocycles. The van der Waals surface area contributed by atoms with Crippen LogP contribution in [-0.2, 0) is 18.3 Å². The molecule has 0 fully saturated rings. The first-order valence-electron chi connectivity index (χ1n) is 7.09.